The fourth-order valence-electron chi connectivity index (χ4n) is 5.80. The Morgan fingerprint density at radius 3 is 2.68 bits per heavy atom. The maximum absolute atomic E-state index is 14.2. The second-order valence-corrected chi connectivity index (χ2v) is 10.2. The molecule has 2 heterocycles. The Morgan fingerprint density at radius 2 is 1.84 bits per heavy atom. The molecule has 1 aliphatic heterocycles. The lowest BCUT2D eigenvalue weighted by Crippen LogP contribution is -2.31. The Morgan fingerprint density at radius 1 is 1.03 bits per heavy atom. The van der Waals surface area contributed by atoms with Crippen LogP contribution in [0.15, 0.2) is 72.8 Å². The third-order valence-electron chi connectivity index (χ3n) is 7.78. The van der Waals surface area contributed by atoms with Gasteiger partial charge in [-0.2, -0.15) is 0 Å². The van der Waals surface area contributed by atoms with Gasteiger partial charge in [-0.05, 0) is 49.4 Å². The van der Waals surface area contributed by atoms with E-state index in [0.29, 0.717) is 24.5 Å². The van der Waals surface area contributed by atoms with E-state index in [4.69, 9.17) is 9.72 Å². The van der Waals surface area contributed by atoms with Crippen LogP contribution in [-0.4, -0.2) is 35.7 Å². The Hall–Kier alpha value is -4.06. The molecule has 38 heavy (non-hydrogen) atoms. The smallest absolute Gasteiger partial charge is 0.270 e. The lowest BCUT2D eigenvalue weighted by atomic mass is 9.99. The molecule has 0 radical (unpaired) electrons. The quantitative estimate of drug-likeness (QED) is 0.325. The average Bonchev–Trinajstić information content (AvgIpc) is 3.24. The molecule has 2 aliphatic rings. The van der Waals surface area contributed by atoms with Gasteiger partial charge in [0.15, 0.2) is 0 Å². The molecule has 1 amide bonds. The van der Waals surface area contributed by atoms with Crippen molar-refractivity contribution in [1.82, 2.24) is 14.9 Å². The topological polar surface area (TPSA) is 59.4 Å². The molecular formula is C32H34N4O2. The molecule has 0 fully saturated rings. The molecule has 4 aromatic rings. The van der Waals surface area contributed by atoms with Gasteiger partial charge >= 0.3 is 0 Å². The van der Waals surface area contributed by atoms with Gasteiger partial charge in [-0.3, -0.25) is 4.79 Å². The number of anilines is 1. The van der Waals surface area contributed by atoms with E-state index in [0.717, 1.165) is 60.6 Å². The molecule has 1 unspecified atom stereocenters. The maximum Gasteiger partial charge on any atom is 0.270 e. The first-order valence-electron chi connectivity index (χ1n) is 13.7. The van der Waals surface area contributed by atoms with Crippen LogP contribution in [0.25, 0.3) is 22.6 Å². The van der Waals surface area contributed by atoms with Gasteiger partial charge in [0, 0.05) is 24.7 Å². The van der Waals surface area contributed by atoms with Gasteiger partial charge in [-0.1, -0.05) is 67.1 Å². The molecule has 0 bridgehead atoms. The molecular weight excluding hydrogens is 472 g/mol. The largest absolute Gasteiger partial charge is 0.490 e. The average molecular weight is 507 g/mol. The zero-order valence-electron chi connectivity index (χ0n) is 22.1. The number of hydrogen-bond acceptors (Lipinski definition) is 4. The van der Waals surface area contributed by atoms with Crippen LogP contribution >= 0.6 is 0 Å². The first-order chi connectivity index (χ1) is 18.6. The molecule has 6 heteroatoms. The number of carbonyl (C=O) groups is 1. The van der Waals surface area contributed by atoms with E-state index in [1.165, 1.54) is 11.1 Å². The third-order valence-corrected chi connectivity index (χ3v) is 7.78. The predicted octanol–water partition coefficient (Wildman–Crippen LogP) is 6.26. The normalized spacial score (nSPS) is 16.7. The standard InChI is InChI=1S/C32H34N4O2/c1-3-36-30(32(37)33-26-16-10-8-12-22-11-7-9-15-25(22)26)29(34-31(36)23-13-5-4-6-14-23)24-17-18-27-28(21-24)38-20-19-35(27)2/h4-7,9,11,13-15,17-18,21,26H,3,8,10,12,16,19-20H2,1-2H3,(H,33,37). The lowest BCUT2D eigenvalue weighted by Gasteiger charge is -2.28. The van der Waals surface area contributed by atoms with Crippen LogP contribution in [0.3, 0.4) is 0 Å². The summed E-state index contributed by atoms with van der Waals surface area (Å²) in [5.74, 6) is 1.53. The minimum atomic E-state index is -0.0889. The molecule has 1 aromatic heterocycles. The summed E-state index contributed by atoms with van der Waals surface area (Å²) in [5.41, 5.74) is 6.77. The summed E-state index contributed by atoms with van der Waals surface area (Å²) in [6, 6.07) is 24.8. The summed E-state index contributed by atoms with van der Waals surface area (Å²) in [6.07, 6.45) is 4.22. The fourth-order valence-corrected chi connectivity index (χ4v) is 5.80. The van der Waals surface area contributed by atoms with Gasteiger partial charge in [0.2, 0.25) is 0 Å². The Kier molecular flexibility index (Phi) is 6.62. The van der Waals surface area contributed by atoms with E-state index in [9.17, 15) is 4.79 Å². The van der Waals surface area contributed by atoms with Crippen molar-refractivity contribution >= 4 is 11.6 Å². The van der Waals surface area contributed by atoms with Gasteiger partial charge in [0.05, 0.1) is 18.3 Å². The molecule has 1 aliphatic carbocycles. The third kappa shape index (κ3) is 4.44. The monoisotopic (exact) mass is 506 g/mol. The van der Waals surface area contributed by atoms with E-state index in [2.05, 4.69) is 65.2 Å². The van der Waals surface area contributed by atoms with Gasteiger partial charge in [-0.15, -0.1) is 0 Å². The van der Waals surface area contributed by atoms with Crippen LogP contribution in [0, 0.1) is 0 Å². The Bertz CT molecular complexity index is 1460. The number of carbonyl (C=O) groups excluding carboxylic acids is 1. The highest BCUT2D eigenvalue weighted by molar-refractivity contribution is 6.00. The number of benzene rings is 3. The first kappa shape index (κ1) is 24.3. The van der Waals surface area contributed by atoms with Crippen molar-refractivity contribution in [2.24, 2.45) is 0 Å². The summed E-state index contributed by atoms with van der Waals surface area (Å²) in [7, 11) is 2.07. The number of amides is 1. The number of aromatic nitrogens is 2. The number of imidazole rings is 1. The number of hydrogen-bond donors (Lipinski definition) is 1. The predicted molar refractivity (Wildman–Crippen MR) is 152 cm³/mol. The van der Waals surface area contributed by atoms with Crippen LogP contribution < -0.4 is 15.0 Å². The zero-order valence-corrected chi connectivity index (χ0v) is 22.1. The number of likely N-dealkylation sites (N-methyl/N-ethyl adjacent to an activating group) is 1. The van der Waals surface area contributed by atoms with E-state index in [1.807, 2.05) is 36.4 Å². The minimum Gasteiger partial charge on any atom is -0.490 e. The molecule has 6 nitrogen and oxygen atoms in total. The molecule has 1 N–H and O–H groups in total. The molecule has 6 rings (SSSR count). The summed E-state index contributed by atoms with van der Waals surface area (Å²) in [4.78, 5) is 21.5. The van der Waals surface area contributed by atoms with Crippen LogP contribution in [0.1, 0.15) is 53.8 Å². The molecule has 3 aromatic carbocycles. The van der Waals surface area contributed by atoms with Crippen LogP contribution in [0.2, 0.25) is 0 Å². The molecule has 0 saturated carbocycles. The Balaban J connectivity index is 1.46. The lowest BCUT2D eigenvalue weighted by molar-refractivity contribution is 0.0926. The number of aryl methyl sites for hydroxylation is 1. The van der Waals surface area contributed by atoms with Crippen LogP contribution in [0.4, 0.5) is 5.69 Å². The van der Waals surface area contributed by atoms with Crippen molar-refractivity contribution in [2.75, 3.05) is 25.1 Å². The van der Waals surface area contributed by atoms with E-state index in [1.54, 1.807) is 0 Å². The molecule has 1 atom stereocenters. The van der Waals surface area contributed by atoms with Gasteiger partial charge < -0.3 is 19.5 Å². The maximum atomic E-state index is 14.2. The van der Waals surface area contributed by atoms with Crippen molar-refractivity contribution in [2.45, 2.75) is 45.2 Å². The zero-order chi connectivity index (χ0) is 26.1. The van der Waals surface area contributed by atoms with E-state index in [-0.39, 0.29) is 11.9 Å². The highest BCUT2D eigenvalue weighted by atomic mass is 16.5. The van der Waals surface area contributed by atoms with Gasteiger partial charge in [0.25, 0.3) is 5.91 Å². The van der Waals surface area contributed by atoms with Crippen molar-refractivity contribution < 1.29 is 9.53 Å². The summed E-state index contributed by atoms with van der Waals surface area (Å²) >= 11 is 0. The van der Waals surface area contributed by atoms with Gasteiger partial charge in [0.1, 0.15) is 29.6 Å². The summed E-state index contributed by atoms with van der Waals surface area (Å²) in [5, 5.41) is 3.41. The summed E-state index contributed by atoms with van der Waals surface area (Å²) in [6.45, 7) is 4.19. The highest BCUT2D eigenvalue weighted by Crippen LogP contribution is 2.38. The highest BCUT2D eigenvalue weighted by Gasteiger charge is 2.28. The summed E-state index contributed by atoms with van der Waals surface area (Å²) < 4.78 is 8.05. The second kappa shape index (κ2) is 10.4. The van der Waals surface area contributed by atoms with E-state index >= 15 is 0 Å². The van der Waals surface area contributed by atoms with Gasteiger partial charge in [-0.25, -0.2) is 4.98 Å². The number of nitrogens with zero attached hydrogens (tertiary/aromatic N) is 3. The molecule has 0 spiro atoms. The number of fused-ring (bicyclic) bond motifs is 2. The number of ether oxygens (including phenoxy) is 1. The number of nitrogens with one attached hydrogen (secondary N) is 1. The Labute approximate surface area is 224 Å². The van der Waals surface area contributed by atoms with Crippen LogP contribution in [-0.2, 0) is 13.0 Å². The second-order valence-electron chi connectivity index (χ2n) is 10.2. The first-order valence-corrected chi connectivity index (χ1v) is 13.7. The van der Waals surface area contributed by atoms with E-state index < -0.39 is 0 Å². The molecule has 0 saturated heterocycles. The van der Waals surface area contributed by atoms with Crippen molar-refractivity contribution in [1.29, 1.82) is 0 Å². The SMILES string of the molecule is CCn1c(-c2ccccc2)nc(-c2ccc3c(c2)OCCN3C)c1C(=O)NC1CCCCc2ccccc21. The minimum absolute atomic E-state index is 0.0186. The van der Waals surface area contributed by atoms with Crippen LogP contribution in [0.5, 0.6) is 5.75 Å². The number of rotatable bonds is 5. The van der Waals surface area contributed by atoms with Crippen molar-refractivity contribution in [3.8, 4) is 28.4 Å². The van der Waals surface area contributed by atoms with Crippen molar-refractivity contribution in [3.05, 3.63) is 89.6 Å². The van der Waals surface area contributed by atoms with Crippen molar-refractivity contribution in [3.63, 3.8) is 0 Å². The fraction of sp³-hybridized carbons (Fsp3) is 0.312. The molecule has 194 valence electrons.